The highest BCUT2D eigenvalue weighted by Gasteiger charge is 1.99. The van der Waals surface area contributed by atoms with Gasteiger partial charge in [-0.25, -0.2) is 4.98 Å². The smallest absolute Gasteiger partial charge is 0.215 e. The first-order chi connectivity index (χ1) is 6.24. The van der Waals surface area contributed by atoms with Gasteiger partial charge in [0.25, 0.3) is 0 Å². The topological polar surface area (TPSA) is 31.4 Å². The van der Waals surface area contributed by atoms with E-state index in [1.54, 1.807) is 7.11 Å². The molecule has 3 nitrogen and oxygen atoms in total. The summed E-state index contributed by atoms with van der Waals surface area (Å²) < 4.78 is 9.92. The molecule has 72 valence electrons. The van der Waals surface area contributed by atoms with Crippen LogP contribution in [0.1, 0.15) is 25.3 Å². The first kappa shape index (κ1) is 9.99. The first-order valence-electron chi connectivity index (χ1n) is 4.31. The van der Waals surface area contributed by atoms with E-state index in [9.17, 15) is 0 Å². The molecule has 0 spiro atoms. The fourth-order valence-electron chi connectivity index (χ4n) is 0.938. The Bertz CT molecular complexity index is 244. The normalized spacial score (nSPS) is 10.5. The van der Waals surface area contributed by atoms with Crippen LogP contribution < -0.4 is 4.74 Å². The van der Waals surface area contributed by atoms with Gasteiger partial charge in [0.05, 0.1) is 0 Å². The molecule has 3 heteroatoms. The molecule has 1 rings (SSSR count). The highest BCUT2D eigenvalue weighted by Crippen LogP contribution is 2.15. The molecule has 1 aromatic rings. The van der Waals surface area contributed by atoms with Crippen molar-refractivity contribution in [3.63, 3.8) is 0 Å². The second-order valence-electron chi connectivity index (χ2n) is 3.14. The van der Waals surface area contributed by atoms with Gasteiger partial charge in [0.1, 0.15) is 0 Å². The minimum Gasteiger partial charge on any atom is -0.451 e. The Morgan fingerprint density at radius 3 is 2.62 bits per heavy atom. The van der Waals surface area contributed by atoms with Crippen molar-refractivity contribution in [3.05, 3.63) is 23.9 Å². The Balaban J connectivity index is 2.59. The summed E-state index contributed by atoms with van der Waals surface area (Å²) in [7, 11) is 1.59. The second-order valence-corrected chi connectivity index (χ2v) is 3.14. The zero-order valence-electron chi connectivity index (χ0n) is 8.28. The van der Waals surface area contributed by atoms with Gasteiger partial charge in [0.2, 0.25) is 5.88 Å². The summed E-state index contributed by atoms with van der Waals surface area (Å²) in [5, 5.41) is 0. The predicted octanol–water partition coefficient (Wildman–Crippen LogP) is 2.19. The van der Waals surface area contributed by atoms with E-state index >= 15 is 0 Å². The van der Waals surface area contributed by atoms with Crippen molar-refractivity contribution >= 4 is 0 Å². The third kappa shape index (κ3) is 3.03. The number of hydrogen-bond acceptors (Lipinski definition) is 3. The van der Waals surface area contributed by atoms with Gasteiger partial charge >= 0.3 is 0 Å². The molecule has 0 aliphatic carbocycles. The monoisotopic (exact) mass is 181 g/mol. The molecule has 0 fully saturated rings. The summed E-state index contributed by atoms with van der Waals surface area (Å²) in [6.07, 6.45) is 1.83. The third-order valence-electron chi connectivity index (χ3n) is 1.75. The number of methoxy groups -OCH3 is 1. The van der Waals surface area contributed by atoms with Crippen LogP contribution in [0.5, 0.6) is 5.88 Å². The molecule has 0 aromatic carbocycles. The summed E-state index contributed by atoms with van der Waals surface area (Å²) in [5.41, 5.74) is 1.21. The van der Waals surface area contributed by atoms with Crippen LogP contribution in [0.25, 0.3) is 0 Å². The van der Waals surface area contributed by atoms with Gasteiger partial charge in [-0.05, 0) is 11.5 Å². The second kappa shape index (κ2) is 4.82. The van der Waals surface area contributed by atoms with Gasteiger partial charge < -0.3 is 9.47 Å². The molecule has 0 aliphatic rings. The van der Waals surface area contributed by atoms with Crippen LogP contribution in [0.15, 0.2) is 18.3 Å². The molecule has 0 aliphatic heterocycles. The SMILES string of the molecule is COCOc1ccc(C(C)C)cn1. The molecule has 0 atom stereocenters. The Morgan fingerprint density at radius 1 is 1.38 bits per heavy atom. The predicted molar refractivity (Wildman–Crippen MR) is 50.8 cm³/mol. The van der Waals surface area contributed by atoms with Gasteiger partial charge in [-0.2, -0.15) is 0 Å². The van der Waals surface area contributed by atoms with E-state index in [4.69, 9.17) is 9.47 Å². The zero-order chi connectivity index (χ0) is 9.68. The summed E-state index contributed by atoms with van der Waals surface area (Å²) in [6.45, 7) is 4.51. The molecule has 0 N–H and O–H groups in total. The van der Waals surface area contributed by atoms with Gasteiger partial charge in [-0.15, -0.1) is 0 Å². The largest absolute Gasteiger partial charge is 0.451 e. The van der Waals surface area contributed by atoms with Crippen molar-refractivity contribution in [3.8, 4) is 5.88 Å². The van der Waals surface area contributed by atoms with Crippen LogP contribution in [0.2, 0.25) is 0 Å². The van der Waals surface area contributed by atoms with E-state index in [-0.39, 0.29) is 6.79 Å². The average molecular weight is 181 g/mol. The van der Waals surface area contributed by atoms with Crippen LogP contribution in [-0.4, -0.2) is 18.9 Å². The van der Waals surface area contributed by atoms with E-state index in [0.717, 1.165) is 0 Å². The summed E-state index contributed by atoms with van der Waals surface area (Å²) >= 11 is 0. The van der Waals surface area contributed by atoms with Crippen molar-refractivity contribution in [2.24, 2.45) is 0 Å². The summed E-state index contributed by atoms with van der Waals surface area (Å²) in [5.74, 6) is 1.11. The maximum atomic E-state index is 5.16. The van der Waals surface area contributed by atoms with Crippen LogP contribution in [-0.2, 0) is 4.74 Å². The number of pyridine rings is 1. The third-order valence-corrected chi connectivity index (χ3v) is 1.75. The maximum absolute atomic E-state index is 5.16. The lowest BCUT2D eigenvalue weighted by Crippen LogP contribution is -2.00. The number of ether oxygens (including phenoxy) is 2. The standard InChI is InChI=1S/C10H15NO2/c1-8(2)9-4-5-10(11-6-9)13-7-12-3/h4-6,8H,7H2,1-3H3. The molecule has 0 unspecified atom stereocenters. The quantitative estimate of drug-likeness (QED) is 0.667. The number of rotatable bonds is 4. The molecular weight excluding hydrogens is 166 g/mol. The van der Waals surface area contributed by atoms with E-state index in [1.807, 2.05) is 18.3 Å². The lowest BCUT2D eigenvalue weighted by molar-refractivity contribution is 0.0478. The van der Waals surface area contributed by atoms with Crippen LogP contribution in [0.4, 0.5) is 0 Å². The fraction of sp³-hybridized carbons (Fsp3) is 0.500. The minimum atomic E-state index is 0.244. The fourth-order valence-corrected chi connectivity index (χ4v) is 0.938. The number of hydrogen-bond donors (Lipinski definition) is 0. The van der Waals surface area contributed by atoms with Gasteiger partial charge in [0.15, 0.2) is 6.79 Å². The van der Waals surface area contributed by atoms with E-state index in [1.165, 1.54) is 5.56 Å². The van der Waals surface area contributed by atoms with E-state index in [0.29, 0.717) is 11.8 Å². The molecule has 0 amide bonds. The number of nitrogens with zero attached hydrogens (tertiary/aromatic N) is 1. The Morgan fingerprint density at radius 2 is 2.15 bits per heavy atom. The first-order valence-corrected chi connectivity index (χ1v) is 4.31. The van der Waals surface area contributed by atoms with Gasteiger partial charge in [-0.1, -0.05) is 19.9 Å². The lowest BCUT2D eigenvalue weighted by Gasteiger charge is -2.06. The highest BCUT2D eigenvalue weighted by atomic mass is 16.7. The highest BCUT2D eigenvalue weighted by molar-refractivity contribution is 5.20. The zero-order valence-corrected chi connectivity index (χ0v) is 8.28. The number of aromatic nitrogens is 1. The Kier molecular flexibility index (Phi) is 3.71. The molecular formula is C10H15NO2. The van der Waals surface area contributed by atoms with Crippen molar-refractivity contribution in [2.45, 2.75) is 19.8 Å². The molecule has 0 saturated carbocycles. The van der Waals surface area contributed by atoms with Crippen molar-refractivity contribution in [2.75, 3.05) is 13.9 Å². The van der Waals surface area contributed by atoms with Crippen LogP contribution in [0.3, 0.4) is 0 Å². The molecule has 1 aromatic heterocycles. The van der Waals surface area contributed by atoms with Gasteiger partial charge in [-0.3, -0.25) is 0 Å². The van der Waals surface area contributed by atoms with Crippen molar-refractivity contribution in [1.82, 2.24) is 4.98 Å². The Labute approximate surface area is 78.7 Å². The maximum Gasteiger partial charge on any atom is 0.215 e. The average Bonchev–Trinajstić information content (AvgIpc) is 2.15. The molecule has 0 bridgehead atoms. The lowest BCUT2D eigenvalue weighted by atomic mass is 10.1. The molecule has 0 saturated heterocycles. The van der Waals surface area contributed by atoms with Gasteiger partial charge in [0, 0.05) is 19.4 Å². The van der Waals surface area contributed by atoms with Crippen LogP contribution >= 0.6 is 0 Å². The van der Waals surface area contributed by atoms with E-state index in [2.05, 4.69) is 18.8 Å². The summed E-state index contributed by atoms with van der Waals surface area (Å²) in [4.78, 5) is 4.14. The van der Waals surface area contributed by atoms with E-state index < -0.39 is 0 Å². The van der Waals surface area contributed by atoms with Crippen molar-refractivity contribution < 1.29 is 9.47 Å². The Hall–Kier alpha value is -1.09. The molecule has 13 heavy (non-hydrogen) atoms. The van der Waals surface area contributed by atoms with Crippen LogP contribution in [0, 0.1) is 0 Å². The minimum absolute atomic E-state index is 0.244. The molecule has 1 heterocycles. The molecule has 0 radical (unpaired) electrons. The summed E-state index contributed by atoms with van der Waals surface area (Å²) in [6, 6.07) is 3.87. The van der Waals surface area contributed by atoms with Crippen molar-refractivity contribution in [1.29, 1.82) is 0 Å².